The van der Waals surface area contributed by atoms with Crippen LogP contribution >= 0.6 is 11.6 Å². The molecule has 2 amide bonds. The number of amides is 2. The molecule has 0 saturated heterocycles. The Kier molecular flexibility index (Phi) is 7.67. The molecule has 2 N–H and O–H groups in total. The predicted octanol–water partition coefficient (Wildman–Crippen LogP) is 5.47. The maximum Gasteiger partial charge on any atom is 0.338 e. The number of halogens is 2. The first-order valence-electron chi connectivity index (χ1n) is 11.0. The number of esters is 1. The largest absolute Gasteiger partial charge is 0.497 e. The first kappa shape index (κ1) is 24.3. The average molecular weight is 495 g/mol. The smallest absolute Gasteiger partial charge is 0.338 e. The third-order valence-electron chi connectivity index (χ3n) is 5.64. The van der Waals surface area contributed by atoms with E-state index < -0.39 is 18.0 Å². The van der Waals surface area contributed by atoms with Crippen LogP contribution in [0.3, 0.4) is 0 Å². The van der Waals surface area contributed by atoms with E-state index in [4.69, 9.17) is 21.1 Å². The number of urea groups is 1. The predicted molar refractivity (Wildman–Crippen MR) is 130 cm³/mol. The van der Waals surface area contributed by atoms with E-state index in [1.165, 1.54) is 12.1 Å². The molecule has 35 heavy (non-hydrogen) atoms. The van der Waals surface area contributed by atoms with Gasteiger partial charge in [0.2, 0.25) is 0 Å². The van der Waals surface area contributed by atoms with Crippen molar-refractivity contribution in [1.82, 2.24) is 10.6 Å². The summed E-state index contributed by atoms with van der Waals surface area (Å²) in [6.45, 7) is -0.0387. The van der Waals surface area contributed by atoms with Crippen molar-refractivity contribution >= 4 is 23.6 Å². The number of hydrogen-bond donors (Lipinski definition) is 2. The topological polar surface area (TPSA) is 76.7 Å². The molecular weight excluding hydrogens is 471 g/mol. The number of carbonyl (C=O) groups excluding carboxylic acids is 2. The molecule has 0 bridgehead atoms. The van der Waals surface area contributed by atoms with Gasteiger partial charge in [0.1, 0.15) is 18.2 Å². The van der Waals surface area contributed by atoms with Gasteiger partial charge in [-0.25, -0.2) is 14.0 Å². The zero-order valence-electron chi connectivity index (χ0n) is 19.0. The van der Waals surface area contributed by atoms with E-state index in [-0.39, 0.29) is 12.4 Å². The summed E-state index contributed by atoms with van der Waals surface area (Å²) in [7, 11) is 1.55. The molecule has 0 aromatic heterocycles. The lowest BCUT2D eigenvalue weighted by molar-refractivity contribution is -0.140. The maximum atomic E-state index is 13.4. The zero-order chi connectivity index (χ0) is 24.8. The summed E-state index contributed by atoms with van der Waals surface area (Å²) in [6, 6.07) is 19.1. The average Bonchev–Trinajstić information content (AvgIpc) is 2.86. The van der Waals surface area contributed by atoms with E-state index >= 15 is 0 Å². The van der Waals surface area contributed by atoms with Crippen molar-refractivity contribution in [2.24, 2.45) is 0 Å². The van der Waals surface area contributed by atoms with Crippen molar-refractivity contribution in [2.75, 3.05) is 7.11 Å². The van der Waals surface area contributed by atoms with Crippen LogP contribution in [-0.2, 0) is 22.6 Å². The number of benzene rings is 3. The van der Waals surface area contributed by atoms with Crippen LogP contribution in [0.1, 0.15) is 29.2 Å². The Bertz CT molecular complexity index is 1260. The third-order valence-corrected chi connectivity index (χ3v) is 5.87. The number of ether oxygens (including phenoxy) is 2. The molecule has 1 heterocycles. The highest BCUT2D eigenvalue weighted by molar-refractivity contribution is 6.30. The molecule has 8 heteroatoms. The van der Waals surface area contributed by atoms with Gasteiger partial charge in [-0.05, 0) is 65.9 Å². The molecule has 3 aromatic carbocycles. The van der Waals surface area contributed by atoms with Crippen LogP contribution in [-0.4, -0.2) is 19.1 Å². The number of allylic oxidation sites excluding steroid dienone is 1. The summed E-state index contributed by atoms with van der Waals surface area (Å²) in [5.74, 6) is -0.367. The van der Waals surface area contributed by atoms with Gasteiger partial charge in [0.25, 0.3) is 0 Å². The summed E-state index contributed by atoms with van der Waals surface area (Å²) in [5.41, 5.74) is 3.04. The Hall–Kier alpha value is -3.84. The maximum absolute atomic E-state index is 13.4. The highest BCUT2D eigenvalue weighted by atomic mass is 35.5. The molecule has 1 aliphatic heterocycles. The first-order chi connectivity index (χ1) is 16.9. The van der Waals surface area contributed by atoms with Crippen LogP contribution in [0.15, 0.2) is 84.1 Å². The van der Waals surface area contributed by atoms with Gasteiger partial charge in [-0.2, -0.15) is 0 Å². The number of rotatable bonds is 8. The minimum Gasteiger partial charge on any atom is -0.497 e. The minimum absolute atomic E-state index is 0.0387. The number of carbonyl (C=O) groups is 2. The molecule has 180 valence electrons. The second-order valence-corrected chi connectivity index (χ2v) is 8.47. The van der Waals surface area contributed by atoms with Crippen molar-refractivity contribution in [3.63, 3.8) is 0 Å². The molecule has 0 spiro atoms. The van der Waals surface area contributed by atoms with Crippen molar-refractivity contribution in [1.29, 1.82) is 0 Å². The summed E-state index contributed by atoms with van der Waals surface area (Å²) in [5, 5.41) is 6.21. The first-order valence-corrected chi connectivity index (χ1v) is 11.4. The second kappa shape index (κ2) is 11.1. The van der Waals surface area contributed by atoms with Gasteiger partial charge in [-0.1, -0.05) is 48.0 Å². The fraction of sp³-hybridized carbons (Fsp3) is 0.185. The number of methoxy groups -OCH3 is 1. The van der Waals surface area contributed by atoms with Gasteiger partial charge in [0.15, 0.2) is 0 Å². The normalized spacial score (nSPS) is 15.3. The zero-order valence-corrected chi connectivity index (χ0v) is 19.8. The van der Waals surface area contributed by atoms with E-state index in [0.717, 1.165) is 5.56 Å². The van der Waals surface area contributed by atoms with Gasteiger partial charge in [0, 0.05) is 10.7 Å². The molecule has 0 radical (unpaired) electrons. The van der Waals surface area contributed by atoms with Crippen molar-refractivity contribution in [2.45, 2.75) is 25.5 Å². The molecule has 4 rings (SSSR count). The lowest BCUT2D eigenvalue weighted by Crippen LogP contribution is -2.46. The van der Waals surface area contributed by atoms with Crippen molar-refractivity contribution in [3.05, 3.63) is 112 Å². The summed E-state index contributed by atoms with van der Waals surface area (Å²) >= 11 is 6.11. The van der Waals surface area contributed by atoms with Crippen LogP contribution in [0.2, 0.25) is 5.02 Å². The Morgan fingerprint density at radius 3 is 2.51 bits per heavy atom. The van der Waals surface area contributed by atoms with Gasteiger partial charge in [-0.15, -0.1) is 0 Å². The van der Waals surface area contributed by atoms with Crippen LogP contribution in [0.25, 0.3) is 0 Å². The minimum atomic E-state index is -0.742. The number of aryl methyl sites for hydroxylation is 1. The van der Waals surface area contributed by atoms with Crippen LogP contribution in [0.5, 0.6) is 5.75 Å². The van der Waals surface area contributed by atoms with Gasteiger partial charge in [0.05, 0.1) is 18.7 Å². The molecule has 6 nitrogen and oxygen atoms in total. The van der Waals surface area contributed by atoms with Gasteiger partial charge in [-0.3, -0.25) is 0 Å². The van der Waals surface area contributed by atoms with E-state index in [2.05, 4.69) is 10.6 Å². The Morgan fingerprint density at radius 2 is 1.77 bits per heavy atom. The standard InChI is InChI=1S/C27H24ClFN2O4/c1-34-22-7-3-5-19(15-22)25-24(26(32)35-16-18-8-11-21(29)12-9-18)23(30-27(33)31-25)13-10-17-4-2-6-20(28)14-17/h2-9,11-12,14-15,25H,10,13,16H2,1H3,(H2,30,31,33). The lowest BCUT2D eigenvalue weighted by atomic mass is 9.93. The molecule has 1 aliphatic rings. The lowest BCUT2D eigenvalue weighted by Gasteiger charge is -2.29. The number of hydrogen-bond acceptors (Lipinski definition) is 4. The molecule has 0 fully saturated rings. The third kappa shape index (κ3) is 6.19. The SMILES string of the molecule is COc1cccc(C2NC(=O)NC(CCc3cccc(Cl)c3)=C2C(=O)OCc2ccc(F)cc2)c1. The second-order valence-electron chi connectivity index (χ2n) is 8.03. The fourth-order valence-corrected chi connectivity index (χ4v) is 4.11. The highest BCUT2D eigenvalue weighted by Crippen LogP contribution is 2.31. The summed E-state index contributed by atoms with van der Waals surface area (Å²) < 4.78 is 24.1. The molecule has 3 aromatic rings. The van der Waals surface area contributed by atoms with E-state index in [1.807, 2.05) is 18.2 Å². The van der Waals surface area contributed by atoms with Crippen molar-refractivity contribution in [3.8, 4) is 5.75 Å². The van der Waals surface area contributed by atoms with E-state index in [1.54, 1.807) is 49.6 Å². The molecule has 0 saturated carbocycles. The molecular formula is C27H24ClFN2O4. The summed E-state index contributed by atoms with van der Waals surface area (Å²) in [4.78, 5) is 25.9. The summed E-state index contributed by atoms with van der Waals surface area (Å²) in [6.07, 6.45) is 0.935. The Balaban J connectivity index is 1.66. The molecule has 1 atom stereocenters. The van der Waals surface area contributed by atoms with Crippen LogP contribution < -0.4 is 15.4 Å². The monoisotopic (exact) mass is 494 g/mol. The van der Waals surface area contributed by atoms with Crippen molar-refractivity contribution < 1.29 is 23.5 Å². The Morgan fingerprint density at radius 1 is 1.00 bits per heavy atom. The van der Waals surface area contributed by atoms with E-state index in [9.17, 15) is 14.0 Å². The number of nitrogens with one attached hydrogen (secondary N) is 2. The Labute approximate surface area is 207 Å². The quantitative estimate of drug-likeness (QED) is 0.407. The van der Waals surface area contributed by atoms with Crippen LogP contribution in [0, 0.1) is 5.82 Å². The van der Waals surface area contributed by atoms with Gasteiger partial charge >= 0.3 is 12.0 Å². The molecule has 1 unspecified atom stereocenters. The van der Waals surface area contributed by atoms with Gasteiger partial charge < -0.3 is 20.1 Å². The fourth-order valence-electron chi connectivity index (χ4n) is 3.90. The molecule has 0 aliphatic carbocycles. The van der Waals surface area contributed by atoms with E-state index in [0.29, 0.717) is 46.0 Å². The van der Waals surface area contributed by atoms with Crippen LogP contribution in [0.4, 0.5) is 9.18 Å². The highest BCUT2D eigenvalue weighted by Gasteiger charge is 2.34.